The molecule has 1 aliphatic rings. The van der Waals surface area contributed by atoms with Crippen LogP contribution in [0.1, 0.15) is 6.42 Å². The first kappa shape index (κ1) is 16.9. The van der Waals surface area contributed by atoms with Crippen molar-refractivity contribution in [1.82, 2.24) is 9.88 Å². The molecule has 1 saturated heterocycles. The second-order valence-electron chi connectivity index (χ2n) is 5.05. The van der Waals surface area contributed by atoms with Gasteiger partial charge in [0.25, 0.3) is 5.69 Å². The molecular formula is C12H17ClN4O4S. The average molecular weight is 349 g/mol. The number of nitrogens with zero attached hydrogens (tertiary/aromatic N) is 3. The van der Waals surface area contributed by atoms with E-state index in [1.807, 2.05) is 0 Å². The summed E-state index contributed by atoms with van der Waals surface area (Å²) in [6.07, 6.45) is 1.96. The van der Waals surface area contributed by atoms with Crippen molar-refractivity contribution in [3.63, 3.8) is 0 Å². The highest BCUT2D eigenvalue weighted by atomic mass is 35.5. The van der Waals surface area contributed by atoms with E-state index in [4.69, 9.17) is 11.6 Å². The van der Waals surface area contributed by atoms with Crippen molar-refractivity contribution in [2.75, 3.05) is 43.0 Å². The van der Waals surface area contributed by atoms with Crippen LogP contribution < -0.4 is 5.32 Å². The first-order chi connectivity index (χ1) is 10.4. The molecule has 122 valence electrons. The van der Waals surface area contributed by atoms with Crippen LogP contribution in [0.2, 0.25) is 5.02 Å². The van der Waals surface area contributed by atoms with Crippen molar-refractivity contribution in [2.45, 2.75) is 6.42 Å². The molecule has 0 bridgehead atoms. The summed E-state index contributed by atoms with van der Waals surface area (Å²) in [5, 5.41) is 13.8. The van der Waals surface area contributed by atoms with Gasteiger partial charge in [0, 0.05) is 25.7 Å². The highest BCUT2D eigenvalue weighted by Gasteiger charge is 2.20. The third-order valence-corrected chi connectivity index (χ3v) is 5.32. The summed E-state index contributed by atoms with van der Waals surface area (Å²) < 4.78 is 22.6. The number of pyridine rings is 1. The molecule has 22 heavy (non-hydrogen) atoms. The number of nitro groups is 1. The zero-order valence-electron chi connectivity index (χ0n) is 11.9. The molecule has 0 radical (unpaired) electrons. The van der Waals surface area contributed by atoms with Crippen molar-refractivity contribution >= 4 is 32.9 Å². The maximum Gasteiger partial charge on any atom is 0.289 e. The highest BCUT2D eigenvalue weighted by Crippen LogP contribution is 2.23. The standard InChI is InChI=1S/C12H17ClN4O4S/c13-11-8-10(17(18)19)9-15-12(11)14-2-1-3-16-4-6-22(20,21)7-5-16/h8-9H,1-7H2,(H,14,15). The normalized spacial score (nSPS) is 18.0. The Morgan fingerprint density at radius 2 is 2.09 bits per heavy atom. The van der Waals surface area contributed by atoms with Gasteiger partial charge in [-0.15, -0.1) is 0 Å². The lowest BCUT2D eigenvalue weighted by Gasteiger charge is -2.26. The summed E-state index contributed by atoms with van der Waals surface area (Å²) >= 11 is 5.93. The first-order valence-corrected chi connectivity index (χ1v) is 9.04. The number of sulfone groups is 1. The van der Waals surface area contributed by atoms with Gasteiger partial charge in [-0.1, -0.05) is 11.6 Å². The minimum atomic E-state index is -2.85. The van der Waals surface area contributed by atoms with E-state index < -0.39 is 14.8 Å². The zero-order valence-corrected chi connectivity index (χ0v) is 13.4. The van der Waals surface area contributed by atoms with Crippen LogP contribution in [0, 0.1) is 10.1 Å². The smallest absolute Gasteiger partial charge is 0.289 e. The predicted molar refractivity (Wildman–Crippen MR) is 84.1 cm³/mol. The topological polar surface area (TPSA) is 105 Å². The highest BCUT2D eigenvalue weighted by molar-refractivity contribution is 7.91. The summed E-state index contributed by atoms with van der Waals surface area (Å²) in [4.78, 5) is 16.1. The van der Waals surface area contributed by atoms with Gasteiger partial charge in [-0.25, -0.2) is 13.4 Å². The monoisotopic (exact) mass is 348 g/mol. The second-order valence-corrected chi connectivity index (χ2v) is 7.77. The molecule has 10 heteroatoms. The van der Waals surface area contributed by atoms with Crippen LogP contribution >= 0.6 is 11.6 Å². The van der Waals surface area contributed by atoms with Crippen molar-refractivity contribution in [2.24, 2.45) is 0 Å². The number of rotatable bonds is 6. The van der Waals surface area contributed by atoms with Crippen LogP contribution in [-0.4, -0.2) is 60.9 Å². The van der Waals surface area contributed by atoms with E-state index in [0.717, 1.165) is 19.2 Å². The molecular weight excluding hydrogens is 332 g/mol. The Bertz CT molecular complexity index is 639. The van der Waals surface area contributed by atoms with Crippen LogP contribution in [0.3, 0.4) is 0 Å². The van der Waals surface area contributed by atoms with Crippen LogP contribution in [0.4, 0.5) is 11.5 Å². The molecule has 8 nitrogen and oxygen atoms in total. The summed E-state index contributed by atoms with van der Waals surface area (Å²) in [5.74, 6) is 0.847. The lowest BCUT2D eigenvalue weighted by atomic mass is 10.3. The average Bonchev–Trinajstić information content (AvgIpc) is 2.46. The number of nitrogens with one attached hydrogen (secondary N) is 1. The van der Waals surface area contributed by atoms with E-state index in [9.17, 15) is 18.5 Å². The molecule has 1 aliphatic heterocycles. The number of hydrogen-bond donors (Lipinski definition) is 1. The molecule has 2 rings (SSSR count). The van der Waals surface area contributed by atoms with Crippen LogP contribution in [0.25, 0.3) is 0 Å². The maximum atomic E-state index is 11.3. The Kier molecular flexibility index (Phi) is 5.54. The second kappa shape index (κ2) is 7.21. The molecule has 0 unspecified atom stereocenters. The third kappa shape index (κ3) is 4.79. The summed E-state index contributed by atoms with van der Waals surface area (Å²) in [7, 11) is -2.85. The molecule has 0 aliphatic carbocycles. The maximum absolute atomic E-state index is 11.3. The Morgan fingerprint density at radius 3 is 2.68 bits per heavy atom. The van der Waals surface area contributed by atoms with Gasteiger partial charge in [-0.05, 0) is 13.0 Å². The molecule has 0 amide bonds. The van der Waals surface area contributed by atoms with Crippen molar-refractivity contribution in [3.05, 3.63) is 27.4 Å². The molecule has 0 saturated carbocycles. The van der Waals surface area contributed by atoms with Crippen LogP contribution in [0.15, 0.2) is 12.3 Å². The fraction of sp³-hybridized carbons (Fsp3) is 0.583. The summed E-state index contributed by atoms with van der Waals surface area (Å²) in [6, 6.07) is 1.26. The SMILES string of the molecule is O=[N+]([O-])c1cnc(NCCCN2CCS(=O)(=O)CC2)c(Cl)c1. The minimum Gasteiger partial charge on any atom is -0.369 e. The number of aromatic nitrogens is 1. The third-order valence-electron chi connectivity index (χ3n) is 3.42. The first-order valence-electron chi connectivity index (χ1n) is 6.84. The van der Waals surface area contributed by atoms with Gasteiger partial charge in [0.1, 0.15) is 12.0 Å². The number of hydrogen-bond acceptors (Lipinski definition) is 7. The van der Waals surface area contributed by atoms with Crippen LogP contribution in [0.5, 0.6) is 0 Å². The van der Waals surface area contributed by atoms with Gasteiger partial charge in [0.15, 0.2) is 9.84 Å². The molecule has 2 heterocycles. The van der Waals surface area contributed by atoms with E-state index in [0.29, 0.717) is 25.5 Å². The Morgan fingerprint density at radius 1 is 1.41 bits per heavy atom. The lowest BCUT2D eigenvalue weighted by Crippen LogP contribution is -2.41. The Hall–Kier alpha value is -1.45. The van der Waals surface area contributed by atoms with Crippen LogP contribution in [-0.2, 0) is 9.84 Å². The quantitative estimate of drug-likeness (QED) is 0.467. The van der Waals surface area contributed by atoms with Gasteiger partial charge in [-0.2, -0.15) is 0 Å². The molecule has 1 N–H and O–H groups in total. The van der Waals surface area contributed by atoms with Gasteiger partial charge < -0.3 is 10.2 Å². The number of anilines is 1. The Balaban J connectivity index is 1.74. The van der Waals surface area contributed by atoms with Crippen molar-refractivity contribution < 1.29 is 13.3 Å². The van der Waals surface area contributed by atoms with E-state index in [1.165, 1.54) is 6.07 Å². The van der Waals surface area contributed by atoms with Gasteiger partial charge in [0.2, 0.25) is 0 Å². The fourth-order valence-corrected chi connectivity index (χ4v) is 3.65. The van der Waals surface area contributed by atoms with Gasteiger partial charge in [0.05, 0.1) is 21.5 Å². The number of halogens is 1. The van der Waals surface area contributed by atoms with Gasteiger partial charge in [-0.3, -0.25) is 10.1 Å². The minimum absolute atomic E-state index is 0.148. The molecule has 1 aromatic rings. The predicted octanol–water partition coefficient (Wildman–Crippen LogP) is 1.18. The molecule has 1 fully saturated rings. The summed E-state index contributed by atoms with van der Waals surface area (Å²) in [5.41, 5.74) is -0.148. The van der Waals surface area contributed by atoms with E-state index in [1.54, 1.807) is 0 Å². The Labute approximate surface area is 133 Å². The van der Waals surface area contributed by atoms with Crippen molar-refractivity contribution in [3.8, 4) is 0 Å². The lowest BCUT2D eigenvalue weighted by molar-refractivity contribution is -0.385. The van der Waals surface area contributed by atoms with E-state index in [-0.39, 0.29) is 22.2 Å². The largest absolute Gasteiger partial charge is 0.369 e. The molecule has 0 aromatic carbocycles. The van der Waals surface area contributed by atoms with E-state index in [2.05, 4.69) is 15.2 Å². The van der Waals surface area contributed by atoms with Gasteiger partial charge >= 0.3 is 0 Å². The van der Waals surface area contributed by atoms with Crippen molar-refractivity contribution in [1.29, 1.82) is 0 Å². The molecule has 0 atom stereocenters. The molecule has 0 spiro atoms. The zero-order chi connectivity index (χ0) is 16.2. The van der Waals surface area contributed by atoms with E-state index >= 15 is 0 Å². The molecule has 1 aromatic heterocycles. The fourth-order valence-electron chi connectivity index (χ4n) is 2.14. The summed E-state index contributed by atoms with van der Waals surface area (Å²) in [6.45, 7) is 2.53.